The summed E-state index contributed by atoms with van der Waals surface area (Å²) in [5.41, 5.74) is 1.00. The normalized spacial score (nSPS) is 19.4. The maximum Gasteiger partial charge on any atom is 0.227 e. The maximum absolute atomic E-state index is 12.0. The Balaban J connectivity index is 1.71. The minimum atomic E-state index is 0.225. The largest absolute Gasteiger partial charge is 0.312 e. The molecule has 0 aliphatic carbocycles. The summed E-state index contributed by atoms with van der Waals surface area (Å²) in [5.74, 6) is 0.617. The minimum absolute atomic E-state index is 0.225. The van der Waals surface area contributed by atoms with Gasteiger partial charge in [0.1, 0.15) is 0 Å². The minimum Gasteiger partial charge on any atom is -0.312 e. The van der Waals surface area contributed by atoms with Crippen molar-refractivity contribution in [2.75, 3.05) is 11.4 Å². The van der Waals surface area contributed by atoms with Gasteiger partial charge in [-0.2, -0.15) is 0 Å². The second-order valence-electron chi connectivity index (χ2n) is 4.54. The summed E-state index contributed by atoms with van der Waals surface area (Å²) < 4.78 is 0. The summed E-state index contributed by atoms with van der Waals surface area (Å²) in [6.07, 6.45) is 3.37. The monoisotopic (exact) mass is 258 g/mol. The van der Waals surface area contributed by atoms with Crippen LogP contribution in [0, 0.1) is 5.92 Å². The summed E-state index contributed by atoms with van der Waals surface area (Å²) in [6.45, 7) is 0.808. The lowest BCUT2D eigenvalue weighted by Crippen LogP contribution is -2.24. The van der Waals surface area contributed by atoms with Crippen molar-refractivity contribution in [1.29, 1.82) is 0 Å². The van der Waals surface area contributed by atoms with Crippen molar-refractivity contribution in [3.8, 4) is 0 Å². The molecule has 1 unspecified atom stereocenters. The number of hydrogen-bond acceptors (Lipinski definition) is 3. The second kappa shape index (κ2) is 4.90. The van der Waals surface area contributed by atoms with E-state index in [1.807, 2.05) is 46.8 Å². The standard InChI is InChI=1S/C14H14N2OS/c17-14-9-11(8-13-15-6-7-18-13)10-16(14)12-4-2-1-3-5-12/h1-7,11H,8-10H2. The molecule has 4 heteroatoms. The molecule has 0 saturated carbocycles. The third-order valence-electron chi connectivity index (χ3n) is 3.22. The topological polar surface area (TPSA) is 33.2 Å². The molecule has 1 aliphatic heterocycles. The van der Waals surface area contributed by atoms with Crippen molar-refractivity contribution in [2.24, 2.45) is 5.92 Å². The molecule has 92 valence electrons. The molecule has 1 aromatic heterocycles. The molecular weight excluding hydrogens is 244 g/mol. The highest BCUT2D eigenvalue weighted by Gasteiger charge is 2.30. The van der Waals surface area contributed by atoms with E-state index >= 15 is 0 Å². The van der Waals surface area contributed by atoms with Gasteiger partial charge in [-0.15, -0.1) is 11.3 Å². The number of carbonyl (C=O) groups excluding carboxylic acids is 1. The van der Waals surface area contributed by atoms with E-state index in [-0.39, 0.29) is 5.91 Å². The number of benzene rings is 1. The third-order valence-corrected chi connectivity index (χ3v) is 4.02. The first-order valence-corrected chi connectivity index (χ1v) is 6.94. The van der Waals surface area contributed by atoms with Gasteiger partial charge in [0.15, 0.2) is 0 Å². The van der Waals surface area contributed by atoms with Crippen LogP contribution in [0.15, 0.2) is 41.9 Å². The van der Waals surface area contributed by atoms with Crippen LogP contribution in [0.4, 0.5) is 5.69 Å². The van der Waals surface area contributed by atoms with Gasteiger partial charge < -0.3 is 4.90 Å². The van der Waals surface area contributed by atoms with Crippen LogP contribution in [0.2, 0.25) is 0 Å². The van der Waals surface area contributed by atoms with Crippen molar-refractivity contribution in [3.05, 3.63) is 46.9 Å². The van der Waals surface area contributed by atoms with E-state index in [9.17, 15) is 4.79 Å². The Labute approximate surface area is 110 Å². The van der Waals surface area contributed by atoms with Gasteiger partial charge in [0.05, 0.1) is 5.01 Å². The third kappa shape index (κ3) is 2.29. The van der Waals surface area contributed by atoms with E-state index in [0.717, 1.165) is 23.7 Å². The zero-order valence-corrected chi connectivity index (χ0v) is 10.8. The molecule has 0 radical (unpaired) electrons. The van der Waals surface area contributed by atoms with Crippen LogP contribution in [-0.4, -0.2) is 17.4 Å². The number of amides is 1. The molecule has 3 rings (SSSR count). The molecule has 1 fully saturated rings. The van der Waals surface area contributed by atoms with Crippen LogP contribution < -0.4 is 4.90 Å². The Morgan fingerprint density at radius 3 is 2.89 bits per heavy atom. The van der Waals surface area contributed by atoms with E-state index in [1.54, 1.807) is 11.3 Å². The summed E-state index contributed by atoms with van der Waals surface area (Å²) in [5, 5.41) is 3.11. The first-order chi connectivity index (χ1) is 8.83. The highest BCUT2D eigenvalue weighted by molar-refractivity contribution is 7.09. The first-order valence-electron chi connectivity index (χ1n) is 6.07. The molecule has 1 aliphatic rings. The molecule has 2 aromatic rings. The average molecular weight is 258 g/mol. The summed E-state index contributed by atoms with van der Waals surface area (Å²) in [6, 6.07) is 9.89. The quantitative estimate of drug-likeness (QED) is 0.848. The van der Waals surface area contributed by atoms with Crippen LogP contribution in [0.5, 0.6) is 0 Å². The predicted molar refractivity (Wildman–Crippen MR) is 72.7 cm³/mol. The number of anilines is 1. The molecule has 0 N–H and O–H groups in total. The highest BCUT2D eigenvalue weighted by atomic mass is 32.1. The van der Waals surface area contributed by atoms with Crippen LogP contribution in [0.1, 0.15) is 11.4 Å². The van der Waals surface area contributed by atoms with Crippen molar-refractivity contribution >= 4 is 22.9 Å². The molecule has 1 atom stereocenters. The number of nitrogens with zero attached hydrogens (tertiary/aromatic N) is 2. The predicted octanol–water partition coefficient (Wildman–Crippen LogP) is 2.74. The maximum atomic E-state index is 12.0. The fourth-order valence-corrected chi connectivity index (χ4v) is 3.11. The number of rotatable bonds is 3. The molecule has 1 saturated heterocycles. The summed E-state index contributed by atoms with van der Waals surface area (Å²) in [7, 11) is 0. The van der Waals surface area contributed by atoms with E-state index < -0.39 is 0 Å². The summed E-state index contributed by atoms with van der Waals surface area (Å²) >= 11 is 1.67. The molecule has 2 heterocycles. The Kier molecular flexibility index (Phi) is 3.11. The van der Waals surface area contributed by atoms with Gasteiger partial charge in [0.25, 0.3) is 0 Å². The average Bonchev–Trinajstić information content (AvgIpc) is 3.01. The van der Waals surface area contributed by atoms with Crippen LogP contribution >= 0.6 is 11.3 Å². The lowest BCUT2D eigenvalue weighted by Gasteiger charge is -2.16. The van der Waals surface area contributed by atoms with Gasteiger partial charge in [-0.1, -0.05) is 18.2 Å². The smallest absolute Gasteiger partial charge is 0.227 e. The lowest BCUT2D eigenvalue weighted by molar-refractivity contribution is -0.117. The number of para-hydroxylation sites is 1. The highest BCUT2D eigenvalue weighted by Crippen LogP contribution is 2.27. The first kappa shape index (κ1) is 11.4. The molecular formula is C14H14N2OS. The van der Waals surface area contributed by atoms with Crippen LogP contribution in [0.25, 0.3) is 0 Å². The molecule has 0 spiro atoms. The van der Waals surface area contributed by atoms with Crippen molar-refractivity contribution < 1.29 is 4.79 Å². The van der Waals surface area contributed by atoms with E-state index in [0.29, 0.717) is 12.3 Å². The SMILES string of the molecule is O=C1CC(Cc2nccs2)CN1c1ccccc1. The fraction of sp³-hybridized carbons (Fsp3) is 0.286. The Hall–Kier alpha value is -1.68. The second-order valence-corrected chi connectivity index (χ2v) is 5.52. The van der Waals surface area contributed by atoms with Crippen molar-refractivity contribution in [3.63, 3.8) is 0 Å². The Morgan fingerprint density at radius 1 is 1.33 bits per heavy atom. The number of thiazole rings is 1. The molecule has 1 aromatic carbocycles. The molecule has 18 heavy (non-hydrogen) atoms. The summed E-state index contributed by atoms with van der Waals surface area (Å²) in [4.78, 5) is 18.2. The van der Waals surface area contributed by atoms with Gasteiger partial charge in [-0.25, -0.2) is 4.98 Å². The molecule has 0 bridgehead atoms. The fourth-order valence-electron chi connectivity index (χ4n) is 2.38. The Bertz CT molecular complexity index is 524. The molecule has 3 nitrogen and oxygen atoms in total. The number of carbonyl (C=O) groups is 1. The van der Waals surface area contributed by atoms with Crippen LogP contribution in [0.3, 0.4) is 0 Å². The molecule has 1 amide bonds. The van der Waals surface area contributed by atoms with Gasteiger partial charge in [0, 0.05) is 36.7 Å². The van der Waals surface area contributed by atoms with Crippen LogP contribution in [-0.2, 0) is 11.2 Å². The lowest BCUT2D eigenvalue weighted by atomic mass is 10.1. The van der Waals surface area contributed by atoms with E-state index in [1.165, 1.54) is 0 Å². The van der Waals surface area contributed by atoms with Gasteiger partial charge in [-0.05, 0) is 18.1 Å². The van der Waals surface area contributed by atoms with Gasteiger partial charge in [-0.3, -0.25) is 4.79 Å². The van der Waals surface area contributed by atoms with Gasteiger partial charge in [0.2, 0.25) is 5.91 Å². The Morgan fingerprint density at radius 2 is 2.17 bits per heavy atom. The van der Waals surface area contributed by atoms with E-state index in [2.05, 4.69) is 4.98 Å². The van der Waals surface area contributed by atoms with Gasteiger partial charge >= 0.3 is 0 Å². The number of aromatic nitrogens is 1. The zero-order chi connectivity index (χ0) is 12.4. The van der Waals surface area contributed by atoms with Crippen molar-refractivity contribution in [1.82, 2.24) is 4.98 Å². The van der Waals surface area contributed by atoms with E-state index in [4.69, 9.17) is 0 Å². The number of hydrogen-bond donors (Lipinski definition) is 0. The van der Waals surface area contributed by atoms with Crippen molar-refractivity contribution in [2.45, 2.75) is 12.8 Å². The zero-order valence-electron chi connectivity index (χ0n) is 9.95.